The molecule has 1 fully saturated rings. The van der Waals surface area contributed by atoms with Gasteiger partial charge < -0.3 is 14.4 Å². The molecule has 176 valence electrons. The van der Waals surface area contributed by atoms with Crippen LogP contribution in [0, 0.1) is 6.92 Å². The number of rotatable bonds is 7. The van der Waals surface area contributed by atoms with E-state index in [0.717, 1.165) is 60.9 Å². The average molecular weight is 451 g/mol. The van der Waals surface area contributed by atoms with E-state index in [4.69, 9.17) is 14.6 Å². The van der Waals surface area contributed by atoms with Gasteiger partial charge in [-0.25, -0.2) is 5.01 Å². The van der Waals surface area contributed by atoms with Crippen LogP contribution in [0.4, 0.5) is 0 Å². The van der Waals surface area contributed by atoms with Crippen LogP contribution >= 0.6 is 0 Å². The maximum atomic E-state index is 13.5. The van der Waals surface area contributed by atoms with Crippen molar-refractivity contribution in [1.82, 2.24) is 14.8 Å². The van der Waals surface area contributed by atoms with Crippen LogP contribution in [-0.4, -0.2) is 79.9 Å². The lowest BCUT2D eigenvalue weighted by atomic mass is 9.95. The Morgan fingerprint density at radius 2 is 1.76 bits per heavy atom. The molecular weight excluding hydrogens is 416 g/mol. The Hall–Kier alpha value is -2.90. The topological polar surface area (TPSA) is 57.6 Å². The fourth-order valence-corrected chi connectivity index (χ4v) is 4.67. The highest BCUT2D eigenvalue weighted by Gasteiger charge is 2.35. The van der Waals surface area contributed by atoms with E-state index in [0.29, 0.717) is 18.7 Å². The van der Waals surface area contributed by atoms with Crippen molar-refractivity contribution in [3.63, 3.8) is 0 Å². The van der Waals surface area contributed by atoms with Gasteiger partial charge in [-0.3, -0.25) is 9.69 Å². The molecule has 0 bridgehead atoms. The van der Waals surface area contributed by atoms with Crippen LogP contribution in [0.3, 0.4) is 0 Å². The summed E-state index contributed by atoms with van der Waals surface area (Å²) in [4.78, 5) is 18.2. The van der Waals surface area contributed by atoms with Crippen LogP contribution in [0.15, 0.2) is 47.6 Å². The number of aryl methyl sites for hydroxylation is 1. The van der Waals surface area contributed by atoms with Crippen LogP contribution in [0.2, 0.25) is 0 Å². The molecule has 0 aliphatic carbocycles. The first-order valence-corrected chi connectivity index (χ1v) is 11.7. The minimum atomic E-state index is -0.127. The molecule has 0 aromatic heterocycles. The zero-order valence-corrected chi connectivity index (χ0v) is 20.1. The minimum absolute atomic E-state index is 0.0377. The number of hydrazone groups is 1. The van der Waals surface area contributed by atoms with Gasteiger partial charge in [0.05, 0.1) is 32.5 Å². The minimum Gasteiger partial charge on any atom is -0.497 e. The van der Waals surface area contributed by atoms with E-state index >= 15 is 0 Å². The summed E-state index contributed by atoms with van der Waals surface area (Å²) in [5.41, 5.74) is 4.04. The van der Waals surface area contributed by atoms with Crippen LogP contribution in [-0.2, 0) is 4.79 Å². The van der Waals surface area contributed by atoms with Gasteiger partial charge in [0.15, 0.2) is 0 Å². The number of amides is 1. The zero-order valence-electron chi connectivity index (χ0n) is 20.1. The molecule has 1 atom stereocenters. The largest absolute Gasteiger partial charge is 0.497 e. The van der Waals surface area contributed by atoms with Gasteiger partial charge in [-0.05, 0) is 36.7 Å². The monoisotopic (exact) mass is 450 g/mol. The molecule has 0 unspecified atom stereocenters. The Morgan fingerprint density at radius 1 is 1.03 bits per heavy atom. The van der Waals surface area contributed by atoms with Gasteiger partial charge in [-0.15, -0.1) is 0 Å². The van der Waals surface area contributed by atoms with E-state index in [9.17, 15) is 4.79 Å². The van der Waals surface area contributed by atoms with Gasteiger partial charge >= 0.3 is 0 Å². The molecule has 7 heteroatoms. The third-order valence-corrected chi connectivity index (χ3v) is 6.70. The Kier molecular flexibility index (Phi) is 7.30. The number of hydrogen-bond acceptors (Lipinski definition) is 6. The molecule has 1 amide bonds. The summed E-state index contributed by atoms with van der Waals surface area (Å²) in [5, 5.41) is 6.56. The molecule has 0 saturated carbocycles. The Bertz CT molecular complexity index is 1010. The highest BCUT2D eigenvalue weighted by atomic mass is 16.5. The van der Waals surface area contributed by atoms with Crippen molar-refractivity contribution in [2.75, 3.05) is 53.5 Å². The van der Waals surface area contributed by atoms with Gasteiger partial charge in [-0.2, -0.15) is 5.10 Å². The number of benzene rings is 2. The molecule has 7 nitrogen and oxygen atoms in total. The van der Waals surface area contributed by atoms with E-state index in [2.05, 4.69) is 35.8 Å². The fourth-order valence-electron chi connectivity index (χ4n) is 4.67. The predicted molar refractivity (Wildman–Crippen MR) is 130 cm³/mol. The number of hydrogen-bond donors (Lipinski definition) is 0. The molecule has 33 heavy (non-hydrogen) atoms. The predicted octanol–water partition coefficient (Wildman–Crippen LogP) is 3.33. The molecule has 2 aliphatic rings. The number of likely N-dealkylation sites (N-methyl/N-ethyl adjacent to an activating group) is 1. The lowest BCUT2D eigenvalue weighted by molar-refractivity contribution is -0.134. The Labute approximate surface area is 196 Å². The van der Waals surface area contributed by atoms with E-state index in [-0.39, 0.29) is 11.9 Å². The van der Waals surface area contributed by atoms with Crippen molar-refractivity contribution >= 4 is 11.6 Å². The second-order valence-corrected chi connectivity index (χ2v) is 8.64. The summed E-state index contributed by atoms with van der Waals surface area (Å²) in [6, 6.07) is 13.8. The lowest BCUT2D eigenvalue weighted by Gasteiger charge is -2.34. The molecule has 2 aromatic carbocycles. The summed E-state index contributed by atoms with van der Waals surface area (Å²) in [5.74, 6) is 1.46. The third-order valence-electron chi connectivity index (χ3n) is 6.70. The number of nitrogens with zero attached hydrogens (tertiary/aromatic N) is 4. The SMILES string of the molecule is CCN1CCN(CC(=O)N2N=C(c3ccc(OC)cc3OC)C[C@H]2c2ccccc2C)CC1. The molecule has 2 aliphatic heterocycles. The highest BCUT2D eigenvalue weighted by molar-refractivity contribution is 6.05. The molecule has 4 rings (SSSR count). The van der Waals surface area contributed by atoms with Crippen molar-refractivity contribution in [3.05, 3.63) is 59.2 Å². The first-order valence-electron chi connectivity index (χ1n) is 11.7. The number of methoxy groups -OCH3 is 2. The number of ether oxygens (including phenoxy) is 2. The molecular formula is C26H34N4O3. The highest BCUT2D eigenvalue weighted by Crippen LogP contribution is 2.37. The smallest absolute Gasteiger partial charge is 0.257 e. The van der Waals surface area contributed by atoms with Crippen molar-refractivity contribution in [2.24, 2.45) is 5.10 Å². The lowest BCUT2D eigenvalue weighted by Crippen LogP contribution is -2.49. The van der Waals surface area contributed by atoms with Gasteiger partial charge in [0.1, 0.15) is 11.5 Å². The summed E-state index contributed by atoms with van der Waals surface area (Å²) in [6.07, 6.45) is 0.642. The summed E-state index contributed by atoms with van der Waals surface area (Å²) >= 11 is 0. The van der Waals surface area contributed by atoms with Gasteiger partial charge in [-0.1, -0.05) is 31.2 Å². The second-order valence-electron chi connectivity index (χ2n) is 8.64. The van der Waals surface area contributed by atoms with Crippen LogP contribution in [0.25, 0.3) is 0 Å². The van der Waals surface area contributed by atoms with Gasteiger partial charge in [0.25, 0.3) is 5.91 Å². The van der Waals surface area contributed by atoms with Crippen molar-refractivity contribution in [1.29, 1.82) is 0 Å². The molecule has 1 saturated heterocycles. The summed E-state index contributed by atoms with van der Waals surface area (Å²) in [6.45, 7) is 9.54. The molecule has 0 spiro atoms. The molecule has 2 aromatic rings. The first-order chi connectivity index (χ1) is 16.0. The number of carbonyl (C=O) groups excluding carboxylic acids is 1. The third kappa shape index (κ3) is 5.04. The standard InChI is InChI=1S/C26H34N4O3/c1-5-28-12-14-29(15-13-28)18-26(31)30-24(21-9-7-6-8-19(21)2)17-23(27-30)22-11-10-20(32-3)16-25(22)33-4/h6-11,16,24H,5,12-15,17-18H2,1-4H3/t24-/m0/s1. The average Bonchev–Trinajstić information content (AvgIpc) is 3.29. The zero-order chi connectivity index (χ0) is 23.4. The summed E-state index contributed by atoms with van der Waals surface area (Å²) in [7, 11) is 3.28. The number of carbonyl (C=O) groups is 1. The van der Waals surface area contributed by atoms with Crippen LogP contribution < -0.4 is 9.47 Å². The normalized spacial score (nSPS) is 19.5. The van der Waals surface area contributed by atoms with Crippen molar-refractivity contribution in [3.8, 4) is 11.5 Å². The van der Waals surface area contributed by atoms with E-state index in [1.54, 1.807) is 19.2 Å². The second kappa shape index (κ2) is 10.4. The van der Waals surface area contributed by atoms with Gasteiger partial charge in [0.2, 0.25) is 0 Å². The van der Waals surface area contributed by atoms with Gasteiger partial charge in [0, 0.05) is 44.2 Å². The molecule has 0 radical (unpaired) electrons. The van der Waals surface area contributed by atoms with Crippen LogP contribution in [0.5, 0.6) is 11.5 Å². The van der Waals surface area contributed by atoms with Crippen molar-refractivity contribution in [2.45, 2.75) is 26.3 Å². The fraction of sp³-hybridized carbons (Fsp3) is 0.462. The molecule has 0 N–H and O–H groups in total. The quantitative estimate of drug-likeness (QED) is 0.648. The molecule has 2 heterocycles. The summed E-state index contributed by atoms with van der Waals surface area (Å²) < 4.78 is 11.0. The first kappa shape index (κ1) is 23.3. The Balaban J connectivity index is 1.62. The maximum absolute atomic E-state index is 13.5. The number of piperazine rings is 1. The maximum Gasteiger partial charge on any atom is 0.257 e. The van der Waals surface area contributed by atoms with E-state index in [1.807, 2.05) is 30.3 Å². The van der Waals surface area contributed by atoms with E-state index < -0.39 is 0 Å². The van der Waals surface area contributed by atoms with E-state index in [1.165, 1.54) is 0 Å². The van der Waals surface area contributed by atoms with Crippen molar-refractivity contribution < 1.29 is 14.3 Å². The van der Waals surface area contributed by atoms with Crippen LogP contribution in [0.1, 0.15) is 36.1 Å². The Morgan fingerprint density at radius 3 is 2.42 bits per heavy atom.